The first-order valence-electron chi connectivity index (χ1n) is 5.83. The normalized spacial score (nSPS) is 10.8. The molecule has 2 aromatic rings. The first kappa shape index (κ1) is 13.9. The molecule has 0 saturated heterocycles. The second-order valence-electron chi connectivity index (χ2n) is 4.26. The van der Waals surface area contributed by atoms with E-state index in [4.69, 9.17) is 11.0 Å². The van der Waals surface area contributed by atoms with Crippen molar-refractivity contribution in [1.82, 2.24) is 0 Å². The maximum Gasteiger partial charge on any atom is 0.264 e. The number of rotatable bonds is 3. The molecule has 0 aromatic heterocycles. The summed E-state index contributed by atoms with van der Waals surface area (Å²) in [6.45, 7) is 1.67. The summed E-state index contributed by atoms with van der Waals surface area (Å²) in [5, 5.41) is 8.99. The van der Waals surface area contributed by atoms with Crippen molar-refractivity contribution in [1.29, 1.82) is 5.26 Å². The van der Waals surface area contributed by atoms with E-state index in [1.807, 2.05) is 6.07 Å². The van der Waals surface area contributed by atoms with Gasteiger partial charge >= 0.3 is 0 Å². The average molecular weight is 287 g/mol. The van der Waals surface area contributed by atoms with Crippen molar-refractivity contribution >= 4 is 21.4 Å². The average Bonchev–Trinajstić information content (AvgIpc) is 2.38. The summed E-state index contributed by atoms with van der Waals surface area (Å²) < 4.78 is 27.2. The van der Waals surface area contributed by atoms with E-state index in [0.29, 0.717) is 5.56 Å². The van der Waals surface area contributed by atoms with Crippen LogP contribution in [0.1, 0.15) is 11.1 Å². The fraction of sp³-hybridized carbons (Fsp3) is 0.0714. The van der Waals surface area contributed by atoms with Crippen LogP contribution in [0.25, 0.3) is 0 Å². The fourth-order valence-corrected chi connectivity index (χ4v) is 3.35. The Morgan fingerprint density at radius 2 is 1.85 bits per heavy atom. The molecule has 0 fully saturated rings. The van der Waals surface area contributed by atoms with E-state index in [9.17, 15) is 8.42 Å². The first-order valence-corrected chi connectivity index (χ1v) is 7.31. The summed E-state index contributed by atoms with van der Waals surface area (Å²) in [6, 6.07) is 13.2. The van der Waals surface area contributed by atoms with Gasteiger partial charge in [-0.15, -0.1) is 0 Å². The second-order valence-corrected chi connectivity index (χ2v) is 5.88. The van der Waals surface area contributed by atoms with E-state index < -0.39 is 10.0 Å². The molecule has 0 aliphatic heterocycles. The van der Waals surface area contributed by atoms with Gasteiger partial charge in [-0.25, -0.2) is 8.42 Å². The van der Waals surface area contributed by atoms with E-state index in [2.05, 4.69) is 4.72 Å². The van der Waals surface area contributed by atoms with Crippen LogP contribution in [0, 0.1) is 18.3 Å². The predicted octanol–water partition coefficient (Wildman–Crippen LogP) is 2.25. The lowest BCUT2D eigenvalue weighted by molar-refractivity contribution is 0.601. The zero-order valence-corrected chi connectivity index (χ0v) is 11.6. The van der Waals surface area contributed by atoms with Crippen molar-refractivity contribution in [3.8, 4) is 6.07 Å². The lowest BCUT2D eigenvalue weighted by Crippen LogP contribution is -2.16. The van der Waals surface area contributed by atoms with Gasteiger partial charge in [0.25, 0.3) is 10.0 Å². The van der Waals surface area contributed by atoms with Crippen LogP contribution in [0.4, 0.5) is 11.4 Å². The SMILES string of the molecule is Cc1cccc(N)c1S(=O)(=O)Nc1ccccc1C#N. The molecule has 0 spiro atoms. The Labute approximate surface area is 117 Å². The first-order chi connectivity index (χ1) is 9.45. The largest absolute Gasteiger partial charge is 0.398 e. The summed E-state index contributed by atoms with van der Waals surface area (Å²) >= 11 is 0. The predicted molar refractivity (Wildman–Crippen MR) is 77.6 cm³/mol. The molecule has 0 atom stereocenters. The summed E-state index contributed by atoms with van der Waals surface area (Å²) in [5.74, 6) is 0. The molecule has 0 radical (unpaired) electrons. The van der Waals surface area contributed by atoms with Crippen LogP contribution in [0.2, 0.25) is 0 Å². The van der Waals surface area contributed by atoms with Gasteiger partial charge in [-0.05, 0) is 30.7 Å². The van der Waals surface area contributed by atoms with E-state index in [1.54, 1.807) is 37.3 Å². The number of nitrogens with two attached hydrogens (primary N) is 1. The van der Waals surface area contributed by atoms with Gasteiger partial charge in [-0.1, -0.05) is 24.3 Å². The highest BCUT2D eigenvalue weighted by Crippen LogP contribution is 2.25. The standard InChI is InChI=1S/C14H13N3O2S/c1-10-5-4-7-12(16)14(10)20(18,19)17-13-8-3-2-6-11(13)9-15/h2-8,17H,16H2,1H3. The fourth-order valence-electron chi connectivity index (χ4n) is 1.91. The van der Waals surface area contributed by atoms with Crippen LogP contribution in [0.5, 0.6) is 0 Å². The molecule has 0 saturated carbocycles. The monoisotopic (exact) mass is 287 g/mol. The quantitative estimate of drug-likeness (QED) is 0.846. The van der Waals surface area contributed by atoms with Crippen molar-refractivity contribution in [2.45, 2.75) is 11.8 Å². The Morgan fingerprint density at radius 3 is 2.50 bits per heavy atom. The number of nitriles is 1. The van der Waals surface area contributed by atoms with Crippen LogP contribution in [0.15, 0.2) is 47.4 Å². The maximum atomic E-state index is 12.4. The van der Waals surface area contributed by atoms with Crippen molar-refractivity contribution in [2.24, 2.45) is 0 Å². The molecule has 0 aliphatic rings. The van der Waals surface area contributed by atoms with E-state index in [-0.39, 0.29) is 21.8 Å². The zero-order chi connectivity index (χ0) is 14.8. The minimum absolute atomic E-state index is 0.0349. The van der Waals surface area contributed by atoms with E-state index >= 15 is 0 Å². The molecule has 2 rings (SSSR count). The third-order valence-corrected chi connectivity index (χ3v) is 4.39. The van der Waals surface area contributed by atoms with Gasteiger partial charge in [0, 0.05) is 0 Å². The number of sulfonamides is 1. The highest BCUT2D eigenvalue weighted by atomic mass is 32.2. The summed E-state index contributed by atoms with van der Waals surface area (Å²) in [7, 11) is -3.83. The molecule has 6 heteroatoms. The number of nitrogen functional groups attached to an aromatic ring is 1. The van der Waals surface area contributed by atoms with Gasteiger partial charge in [0.05, 0.1) is 16.9 Å². The molecule has 20 heavy (non-hydrogen) atoms. The van der Waals surface area contributed by atoms with Crippen molar-refractivity contribution in [2.75, 3.05) is 10.5 Å². The molecular weight excluding hydrogens is 274 g/mol. The number of hydrogen-bond donors (Lipinski definition) is 2. The third-order valence-electron chi connectivity index (χ3n) is 2.80. The zero-order valence-electron chi connectivity index (χ0n) is 10.8. The maximum absolute atomic E-state index is 12.4. The highest BCUT2D eigenvalue weighted by molar-refractivity contribution is 7.93. The molecule has 5 nitrogen and oxygen atoms in total. The molecule has 0 bridgehead atoms. The Balaban J connectivity index is 2.50. The highest BCUT2D eigenvalue weighted by Gasteiger charge is 2.20. The van der Waals surface area contributed by atoms with Gasteiger partial charge in [0.15, 0.2) is 0 Å². The van der Waals surface area contributed by atoms with Gasteiger partial charge in [0.2, 0.25) is 0 Å². The molecule has 3 N–H and O–H groups in total. The Morgan fingerprint density at radius 1 is 1.15 bits per heavy atom. The van der Waals surface area contributed by atoms with Crippen molar-refractivity contribution < 1.29 is 8.42 Å². The molecular formula is C14H13N3O2S. The Kier molecular flexibility index (Phi) is 3.63. The number of para-hydroxylation sites is 1. The van der Waals surface area contributed by atoms with Crippen molar-refractivity contribution in [3.05, 3.63) is 53.6 Å². The summed E-state index contributed by atoms with van der Waals surface area (Å²) in [6.07, 6.45) is 0. The number of hydrogen-bond acceptors (Lipinski definition) is 4. The van der Waals surface area contributed by atoms with Crippen LogP contribution >= 0.6 is 0 Å². The molecule has 0 heterocycles. The minimum Gasteiger partial charge on any atom is -0.398 e. The summed E-state index contributed by atoms with van der Waals surface area (Å²) in [4.78, 5) is 0.0349. The van der Waals surface area contributed by atoms with Gasteiger partial charge in [0.1, 0.15) is 11.0 Å². The van der Waals surface area contributed by atoms with E-state index in [0.717, 1.165) is 0 Å². The number of anilines is 2. The van der Waals surface area contributed by atoms with Gasteiger partial charge in [-0.2, -0.15) is 5.26 Å². The summed E-state index contributed by atoms with van der Waals surface area (Å²) in [5.41, 5.74) is 6.96. The molecule has 2 aromatic carbocycles. The van der Waals surface area contributed by atoms with Crippen LogP contribution < -0.4 is 10.5 Å². The number of aryl methyl sites for hydroxylation is 1. The minimum atomic E-state index is -3.83. The third kappa shape index (κ3) is 2.58. The number of benzene rings is 2. The lowest BCUT2D eigenvalue weighted by Gasteiger charge is -2.13. The number of nitrogens with one attached hydrogen (secondary N) is 1. The van der Waals surface area contributed by atoms with Gasteiger partial charge in [-0.3, -0.25) is 4.72 Å². The molecule has 0 unspecified atom stereocenters. The van der Waals surface area contributed by atoms with E-state index in [1.165, 1.54) is 12.1 Å². The van der Waals surface area contributed by atoms with Crippen molar-refractivity contribution in [3.63, 3.8) is 0 Å². The molecule has 0 amide bonds. The van der Waals surface area contributed by atoms with Gasteiger partial charge < -0.3 is 5.73 Å². The smallest absolute Gasteiger partial charge is 0.264 e. The Hall–Kier alpha value is -2.52. The Bertz CT molecular complexity index is 772. The topological polar surface area (TPSA) is 96.0 Å². The molecule has 0 aliphatic carbocycles. The second kappa shape index (κ2) is 5.23. The number of nitrogens with zero attached hydrogens (tertiary/aromatic N) is 1. The van der Waals surface area contributed by atoms with Crippen LogP contribution in [-0.2, 0) is 10.0 Å². The molecule has 102 valence electrons. The van der Waals surface area contributed by atoms with Crippen LogP contribution in [0.3, 0.4) is 0 Å². The van der Waals surface area contributed by atoms with Crippen LogP contribution in [-0.4, -0.2) is 8.42 Å². The lowest BCUT2D eigenvalue weighted by atomic mass is 10.2.